The Morgan fingerprint density at radius 3 is 2.71 bits per heavy atom. The molecule has 2 rings (SSSR count). The largest absolute Gasteiger partial charge is 0.392 e. The molecule has 0 atom stereocenters. The van der Waals surface area contributed by atoms with Crippen LogP contribution in [0.2, 0.25) is 0 Å². The summed E-state index contributed by atoms with van der Waals surface area (Å²) < 4.78 is 13.5. The minimum atomic E-state index is -0.353. The second-order valence-electron chi connectivity index (χ2n) is 5.45. The van der Waals surface area contributed by atoms with Gasteiger partial charge in [0.2, 0.25) is 0 Å². The van der Waals surface area contributed by atoms with Gasteiger partial charge in [-0.15, -0.1) is 0 Å². The minimum absolute atomic E-state index is 0.115. The van der Waals surface area contributed by atoms with Gasteiger partial charge in [0.05, 0.1) is 4.99 Å². The number of aryl methyl sites for hydroxylation is 1. The Hall–Kier alpha value is -1.53. The van der Waals surface area contributed by atoms with Crippen molar-refractivity contribution >= 4 is 23.1 Å². The average Bonchev–Trinajstić information content (AvgIpc) is 2.43. The van der Waals surface area contributed by atoms with Crippen molar-refractivity contribution in [3.8, 4) is 0 Å². The number of thiocarbonyl (C=S) groups is 1. The summed E-state index contributed by atoms with van der Waals surface area (Å²) in [4.78, 5) is 14.8. The van der Waals surface area contributed by atoms with E-state index in [2.05, 4.69) is 10.2 Å². The van der Waals surface area contributed by atoms with E-state index < -0.39 is 0 Å². The van der Waals surface area contributed by atoms with E-state index in [-0.39, 0.29) is 17.8 Å². The van der Waals surface area contributed by atoms with Crippen LogP contribution in [-0.4, -0.2) is 41.5 Å². The second kappa shape index (κ2) is 6.95. The van der Waals surface area contributed by atoms with Gasteiger partial charge in [-0.25, -0.2) is 4.39 Å². The standard InChI is InChI=1S/C15H20FN3OS/c1-10-2-3-11(8-13(10)16)15(20)18-12-4-6-19(7-5-12)9-14(17)21/h2-3,8,12H,4-7,9H2,1H3,(H2,17,21)(H,18,20). The molecular formula is C15H20FN3OS. The quantitative estimate of drug-likeness (QED) is 0.830. The monoisotopic (exact) mass is 309 g/mol. The van der Waals surface area contributed by atoms with Crippen molar-refractivity contribution in [3.05, 3.63) is 35.1 Å². The Labute approximate surface area is 129 Å². The highest BCUT2D eigenvalue weighted by Gasteiger charge is 2.21. The fourth-order valence-electron chi connectivity index (χ4n) is 2.46. The number of likely N-dealkylation sites (tertiary alicyclic amines) is 1. The lowest BCUT2D eigenvalue weighted by molar-refractivity contribution is 0.0914. The van der Waals surface area contributed by atoms with E-state index in [9.17, 15) is 9.18 Å². The van der Waals surface area contributed by atoms with Gasteiger partial charge in [0.25, 0.3) is 5.91 Å². The van der Waals surface area contributed by atoms with Gasteiger partial charge in [0.1, 0.15) is 5.82 Å². The van der Waals surface area contributed by atoms with Crippen LogP contribution in [0.15, 0.2) is 18.2 Å². The van der Waals surface area contributed by atoms with Crippen LogP contribution in [0.5, 0.6) is 0 Å². The first-order valence-electron chi connectivity index (χ1n) is 7.03. The number of hydrogen-bond donors (Lipinski definition) is 2. The molecule has 0 bridgehead atoms. The van der Waals surface area contributed by atoms with Gasteiger partial charge in [-0.05, 0) is 37.5 Å². The van der Waals surface area contributed by atoms with Crippen LogP contribution < -0.4 is 11.1 Å². The number of carbonyl (C=O) groups excluding carboxylic acids is 1. The zero-order chi connectivity index (χ0) is 15.4. The smallest absolute Gasteiger partial charge is 0.251 e. The summed E-state index contributed by atoms with van der Waals surface area (Å²) in [6.45, 7) is 4.00. The molecule has 1 aromatic carbocycles. The van der Waals surface area contributed by atoms with Crippen LogP contribution in [0.4, 0.5) is 4.39 Å². The summed E-state index contributed by atoms with van der Waals surface area (Å²) in [5.41, 5.74) is 6.43. The lowest BCUT2D eigenvalue weighted by Crippen LogP contribution is -2.46. The highest BCUT2D eigenvalue weighted by Crippen LogP contribution is 2.13. The number of nitrogens with one attached hydrogen (secondary N) is 1. The molecule has 6 heteroatoms. The summed E-state index contributed by atoms with van der Waals surface area (Å²) >= 11 is 4.89. The van der Waals surface area contributed by atoms with Gasteiger partial charge in [0.15, 0.2) is 0 Å². The first-order valence-corrected chi connectivity index (χ1v) is 7.44. The molecule has 1 amide bonds. The maximum absolute atomic E-state index is 13.5. The molecule has 1 aliphatic rings. The number of nitrogens with zero attached hydrogens (tertiary/aromatic N) is 1. The highest BCUT2D eigenvalue weighted by atomic mass is 32.1. The first-order chi connectivity index (χ1) is 9.95. The number of nitrogens with two attached hydrogens (primary N) is 1. The molecule has 0 saturated carbocycles. The number of carbonyl (C=O) groups is 1. The van der Waals surface area contributed by atoms with E-state index in [0.717, 1.165) is 25.9 Å². The van der Waals surface area contributed by atoms with Crippen LogP contribution in [0.25, 0.3) is 0 Å². The van der Waals surface area contributed by atoms with Crippen LogP contribution in [0.3, 0.4) is 0 Å². The van der Waals surface area contributed by atoms with Crippen LogP contribution in [0, 0.1) is 12.7 Å². The average molecular weight is 309 g/mol. The molecule has 114 valence electrons. The van der Waals surface area contributed by atoms with E-state index in [1.807, 2.05) is 0 Å². The third kappa shape index (κ3) is 4.47. The minimum Gasteiger partial charge on any atom is -0.392 e. The van der Waals surface area contributed by atoms with Gasteiger partial charge in [0, 0.05) is 31.2 Å². The normalized spacial score (nSPS) is 16.7. The lowest BCUT2D eigenvalue weighted by Gasteiger charge is -2.31. The van der Waals surface area contributed by atoms with E-state index in [4.69, 9.17) is 18.0 Å². The molecule has 1 aliphatic heterocycles. The van der Waals surface area contributed by atoms with Crippen molar-refractivity contribution < 1.29 is 9.18 Å². The maximum atomic E-state index is 13.5. The first kappa shape index (κ1) is 15.9. The number of rotatable bonds is 4. The number of benzene rings is 1. The van der Waals surface area contributed by atoms with Crippen LogP contribution in [-0.2, 0) is 0 Å². The topological polar surface area (TPSA) is 58.4 Å². The van der Waals surface area contributed by atoms with Crippen molar-refractivity contribution in [1.82, 2.24) is 10.2 Å². The number of hydrogen-bond acceptors (Lipinski definition) is 3. The fraction of sp³-hybridized carbons (Fsp3) is 0.467. The molecule has 0 spiro atoms. The number of amides is 1. The Morgan fingerprint density at radius 1 is 1.48 bits per heavy atom. The van der Waals surface area contributed by atoms with E-state index in [1.165, 1.54) is 6.07 Å². The van der Waals surface area contributed by atoms with Crippen molar-refractivity contribution in [3.63, 3.8) is 0 Å². The summed E-state index contributed by atoms with van der Waals surface area (Å²) in [6, 6.07) is 4.67. The fourth-order valence-corrected chi connectivity index (χ4v) is 2.64. The van der Waals surface area contributed by atoms with E-state index in [1.54, 1.807) is 19.1 Å². The Balaban J connectivity index is 1.86. The third-order valence-electron chi connectivity index (χ3n) is 3.74. The number of halogens is 1. The molecule has 0 aliphatic carbocycles. The number of piperidine rings is 1. The van der Waals surface area contributed by atoms with E-state index >= 15 is 0 Å². The molecule has 0 unspecified atom stereocenters. The molecule has 1 fully saturated rings. The predicted molar refractivity (Wildman–Crippen MR) is 84.9 cm³/mol. The summed E-state index contributed by atoms with van der Waals surface area (Å²) in [7, 11) is 0. The molecule has 0 radical (unpaired) electrons. The summed E-state index contributed by atoms with van der Waals surface area (Å²) in [5, 5.41) is 2.96. The van der Waals surface area contributed by atoms with Crippen LogP contribution in [0.1, 0.15) is 28.8 Å². The zero-order valence-corrected chi connectivity index (χ0v) is 12.9. The van der Waals surface area contributed by atoms with Crippen molar-refractivity contribution in [2.24, 2.45) is 5.73 Å². The Kier molecular flexibility index (Phi) is 5.25. The highest BCUT2D eigenvalue weighted by molar-refractivity contribution is 7.80. The molecular weight excluding hydrogens is 289 g/mol. The SMILES string of the molecule is Cc1ccc(C(=O)NC2CCN(CC(N)=S)CC2)cc1F. The van der Waals surface area contributed by atoms with Gasteiger partial charge in [-0.3, -0.25) is 9.69 Å². The molecule has 1 aromatic rings. The Bertz CT molecular complexity index is 542. The molecule has 21 heavy (non-hydrogen) atoms. The van der Waals surface area contributed by atoms with Crippen LogP contribution >= 0.6 is 12.2 Å². The van der Waals surface area contributed by atoms with E-state index in [0.29, 0.717) is 22.7 Å². The summed E-state index contributed by atoms with van der Waals surface area (Å²) in [6.07, 6.45) is 1.70. The third-order valence-corrected chi connectivity index (χ3v) is 3.87. The molecule has 3 N–H and O–H groups in total. The second-order valence-corrected chi connectivity index (χ2v) is 5.98. The van der Waals surface area contributed by atoms with Crippen molar-refractivity contribution in [2.45, 2.75) is 25.8 Å². The van der Waals surface area contributed by atoms with Gasteiger partial charge < -0.3 is 11.1 Å². The molecule has 4 nitrogen and oxygen atoms in total. The molecule has 0 aromatic heterocycles. The van der Waals surface area contributed by atoms with Crippen molar-refractivity contribution in [1.29, 1.82) is 0 Å². The lowest BCUT2D eigenvalue weighted by atomic mass is 10.0. The predicted octanol–water partition coefficient (Wildman–Crippen LogP) is 1.61. The Morgan fingerprint density at radius 2 is 2.14 bits per heavy atom. The van der Waals surface area contributed by atoms with Crippen molar-refractivity contribution in [2.75, 3.05) is 19.6 Å². The molecule has 1 heterocycles. The summed E-state index contributed by atoms with van der Waals surface area (Å²) in [5.74, 6) is -0.573. The maximum Gasteiger partial charge on any atom is 0.251 e. The van der Waals surface area contributed by atoms with Gasteiger partial charge >= 0.3 is 0 Å². The molecule has 1 saturated heterocycles. The van der Waals surface area contributed by atoms with Gasteiger partial charge in [-0.2, -0.15) is 0 Å². The van der Waals surface area contributed by atoms with Gasteiger partial charge in [-0.1, -0.05) is 18.3 Å². The zero-order valence-electron chi connectivity index (χ0n) is 12.1.